The van der Waals surface area contributed by atoms with Crippen LogP contribution < -0.4 is 10.6 Å². The van der Waals surface area contributed by atoms with Crippen LogP contribution in [0.5, 0.6) is 0 Å². The van der Waals surface area contributed by atoms with Crippen LogP contribution in [-0.4, -0.2) is 18.0 Å². The van der Waals surface area contributed by atoms with Crippen molar-refractivity contribution in [2.45, 2.75) is 32.4 Å². The molecular weight excluding hydrogens is 389 g/mol. The largest absolute Gasteiger partial charge is 0.326 e. The van der Waals surface area contributed by atoms with E-state index in [0.29, 0.717) is 6.42 Å². The molecule has 3 nitrogen and oxygen atoms in total. The Morgan fingerprint density at radius 3 is 2.00 bits per heavy atom. The zero-order valence-electron chi connectivity index (χ0n) is 12.5. The third-order valence-corrected chi connectivity index (χ3v) is 3.35. The van der Waals surface area contributed by atoms with E-state index < -0.39 is 17.5 Å². The molecule has 0 radical (unpaired) electrons. The monoisotopic (exact) mass is 410 g/mol. The summed E-state index contributed by atoms with van der Waals surface area (Å²) in [5.74, 6) is -4.77. The Hall–Kier alpha value is -0.220. The lowest BCUT2D eigenvalue weighted by molar-refractivity contribution is -0.120. The van der Waals surface area contributed by atoms with E-state index in [1.165, 1.54) is 0 Å². The molecule has 23 heavy (non-hydrogen) atoms. The summed E-state index contributed by atoms with van der Waals surface area (Å²) >= 11 is 0. The van der Waals surface area contributed by atoms with Crippen LogP contribution >= 0.6 is 52.9 Å². The normalized spacial score (nSPS) is 21.9. The van der Waals surface area contributed by atoms with Gasteiger partial charge in [-0.05, 0) is 20.3 Å². The predicted molar refractivity (Wildman–Crippen MR) is 104 cm³/mol. The standard InChI is InChI=1S/C13H15F3N2O.ClH.3H2S/c1-6-3-9(7(2)17-6)13(19)18-8-4-10(14)12(16)11(15)5-8;;;;/h4-7,9,17H,3H2,1-2H3,(H,18,19);1H;3*1H2/t6-,7-,9-;;;;/m0..../s1. The highest BCUT2D eigenvalue weighted by Gasteiger charge is 2.33. The molecule has 1 amide bonds. The summed E-state index contributed by atoms with van der Waals surface area (Å²) < 4.78 is 38.8. The summed E-state index contributed by atoms with van der Waals surface area (Å²) in [5.41, 5.74) is -0.0758. The lowest BCUT2D eigenvalue weighted by Gasteiger charge is -2.15. The first kappa shape index (κ1) is 27.6. The van der Waals surface area contributed by atoms with Gasteiger partial charge in [0, 0.05) is 29.9 Å². The molecule has 1 aromatic carbocycles. The molecule has 10 heteroatoms. The van der Waals surface area contributed by atoms with E-state index in [0.717, 1.165) is 12.1 Å². The number of benzene rings is 1. The van der Waals surface area contributed by atoms with Crippen molar-refractivity contribution in [3.8, 4) is 0 Å². The summed E-state index contributed by atoms with van der Waals surface area (Å²) in [5, 5.41) is 5.61. The van der Waals surface area contributed by atoms with Crippen LogP contribution in [0.25, 0.3) is 0 Å². The van der Waals surface area contributed by atoms with E-state index in [1.807, 2.05) is 13.8 Å². The zero-order chi connectivity index (χ0) is 14.2. The summed E-state index contributed by atoms with van der Waals surface area (Å²) in [6, 6.07) is 1.75. The van der Waals surface area contributed by atoms with Crippen molar-refractivity contribution in [1.82, 2.24) is 5.32 Å². The number of anilines is 1. The minimum atomic E-state index is -1.54. The highest BCUT2D eigenvalue weighted by atomic mass is 35.5. The number of hydrogen-bond donors (Lipinski definition) is 2. The van der Waals surface area contributed by atoms with Crippen molar-refractivity contribution in [2.24, 2.45) is 5.92 Å². The topological polar surface area (TPSA) is 41.1 Å². The fourth-order valence-electron chi connectivity index (χ4n) is 2.41. The lowest BCUT2D eigenvalue weighted by atomic mass is 9.99. The van der Waals surface area contributed by atoms with E-state index >= 15 is 0 Å². The quantitative estimate of drug-likeness (QED) is 0.735. The lowest BCUT2D eigenvalue weighted by Crippen LogP contribution is -2.32. The average molecular weight is 411 g/mol. The van der Waals surface area contributed by atoms with E-state index in [4.69, 9.17) is 0 Å². The van der Waals surface area contributed by atoms with Gasteiger partial charge in [-0.15, -0.1) is 12.4 Å². The molecule has 1 aliphatic heterocycles. The third-order valence-electron chi connectivity index (χ3n) is 3.35. The van der Waals surface area contributed by atoms with E-state index in [9.17, 15) is 18.0 Å². The summed E-state index contributed by atoms with van der Waals surface area (Å²) in [6.07, 6.45) is 0.652. The van der Waals surface area contributed by atoms with Crippen LogP contribution in [0.2, 0.25) is 0 Å². The molecule has 0 spiro atoms. The second-order valence-electron chi connectivity index (χ2n) is 4.94. The Labute approximate surface area is 160 Å². The molecule has 0 bridgehead atoms. The molecule has 3 atom stereocenters. The van der Waals surface area contributed by atoms with Gasteiger partial charge in [0.05, 0.1) is 5.92 Å². The maximum Gasteiger partial charge on any atom is 0.229 e. The Morgan fingerprint density at radius 2 is 1.61 bits per heavy atom. The van der Waals surface area contributed by atoms with Gasteiger partial charge >= 0.3 is 0 Å². The molecule has 0 aliphatic carbocycles. The van der Waals surface area contributed by atoms with Crippen molar-refractivity contribution in [3.63, 3.8) is 0 Å². The third kappa shape index (κ3) is 6.66. The van der Waals surface area contributed by atoms with E-state index in [2.05, 4.69) is 10.6 Å². The number of nitrogens with one attached hydrogen (secondary N) is 2. The Balaban J connectivity index is -0.000001000. The first-order valence-electron chi connectivity index (χ1n) is 6.10. The van der Waals surface area contributed by atoms with Gasteiger partial charge in [0.15, 0.2) is 17.5 Å². The first-order valence-corrected chi connectivity index (χ1v) is 6.10. The molecule has 0 unspecified atom stereocenters. The number of rotatable bonds is 2. The molecule has 1 fully saturated rings. The van der Waals surface area contributed by atoms with Gasteiger partial charge in [0.2, 0.25) is 5.91 Å². The van der Waals surface area contributed by atoms with Crippen molar-refractivity contribution in [3.05, 3.63) is 29.6 Å². The van der Waals surface area contributed by atoms with Gasteiger partial charge in [0.1, 0.15) is 0 Å². The number of carbonyl (C=O) groups excluding carboxylic acids is 1. The van der Waals surface area contributed by atoms with Gasteiger partial charge in [0.25, 0.3) is 0 Å². The maximum absolute atomic E-state index is 13.0. The molecule has 1 saturated heterocycles. The molecular formula is C13H22ClF3N2OS3. The van der Waals surface area contributed by atoms with Crippen LogP contribution in [0, 0.1) is 23.4 Å². The van der Waals surface area contributed by atoms with Crippen LogP contribution in [0.15, 0.2) is 12.1 Å². The fourth-order valence-corrected chi connectivity index (χ4v) is 2.41. The molecule has 2 rings (SSSR count). The Kier molecular flexibility index (Phi) is 13.6. The van der Waals surface area contributed by atoms with Gasteiger partial charge < -0.3 is 10.6 Å². The molecule has 136 valence electrons. The molecule has 2 N–H and O–H groups in total. The predicted octanol–water partition coefficient (Wildman–Crippen LogP) is 3.19. The second-order valence-corrected chi connectivity index (χ2v) is 4.94. The van der Waals surface area contributed by atoms with Gasteiger partial charge in [-0.2, -0.15) is 40.5 Å². The van der Waals surface area contributed by atoms with Crippen LogP contribution in [0.3, 0.4) is 0 Å². The number of halogens is 4. The molecule has 1 aromatic rings. The Morgan fingerprint density at radius 1 is 1.13 bits per heavy atom. The second kappa shape index (κ2) is 11.4. The van der Waals surface area contributed by atoms with E-state index in [1.54, 1.807) is 0 Å². The number of amides is 1. The first-order chi connectivity index (χ1) is 8.88. The highest BCUT2D eigenvalue weighted by Crippen LogP contribution is 2.23. The zero-order valence-corrected chi connectivity index (χ0v) is 16.4. The average Bonchev–Trinajstić information content (AvgIpc) is 2.65. The summed E-state index contributed by atoms with van der Waals surface area (Å²) in [7, 11) is 0. The van der Waals surface area contributed by atoms with Crippen molar-refractivity contribution < 1.29 is 18.0 Å². The van der Waals surface area contributed by atoms with Crippen LogP contribution in [0.1, 0.15) is 20.3 Å². The minimum Gasteiger partial charge on any atom is -0.326 e. The SMILES string of the molecule is C[C@@H]1N[C@@H](C)C[C@@H]1C(=O)Nc1cc(F)c(F)c(F)c1.Cl.S.S.S. The smallest absolute Gasteiger partial charge is 0.229 e. The Bertz CT molecular complexity index is 502. The number of hydrogen-bond acceptors (Lipinski definition) is 2. The molecule has 0 aromatic heterocycles. The van der Waals surface area contributed by atoms with Crippen molar-refractivity contribution in [1.29, 1.82) is 0 Å². The van der Waals surface area contributed by atoms with Crippen LogP contribution in [0.4, 0.5) is 18.9 Å². The highest BCUT2D eigenvalue weighted by molar-refractivity contribution is 7.59. The number of carbonyl (C=O) groups is 1. The minimum absolute atomic E-state index is 0. The summed E-state index contributed by atoms with van der Waals surface area (Å²) in [6.45, 7) is 3.83. The van der Waals surface area contributed by atoms with E-state index in [-0.39, 0.29) is 82.5 Å². The van der Waals surface area contributed by atoms with Crippen molar-refractivity contribution in [2.75, 3.05) is 5.32 Å². The van der Waals surface area contributed by atoms with Gasteiger partial charge in [-0.3, -0.25) is 4.79 Å². The maximum atomic E-state index is 13.0. The molecule has 1 heterocycles. The fraction of sp³-hybridized carbons (Fsp3) is 0.462. The summed E-state index contributed by atoms with van der Waals surface area (Å²) in [4.78, 5) is 12.0. The molecule has 1 aliphatic rings. The van der Waals surface area contributed by atoms with Gasteiger partial charge in [-0.25, -0.2) is 13.2 Å². The van der Waals surface area contributed by atoms with Crippen LogP contribution in [-0.2, 0) is 4.79 Å². The molecule has 0 saturated carbocycles. The van der Waals surface area contributed by atoms with Crippen molar-refractivity contribution >= 4 is 64.5 Å². The van der Waals surface area contributed by atoms with Gasteiger partial charge in [-0.1, -0.05) is 0 Å².